The van der Waals surface area contributed by atoms with Crippen LogP contribution >= 0.6 is 0 Å². The van der Waals surface area contributed by atoms with Crippen LogP contribution in [-0.2, 0) is 18.3 Å². The Hall–Kier alpha value is -5.07. The van der Waals surface area contributed by atoms with Gasteiger partial charge in [-0.2, -0.15) is 19.0 Å². The van der Waals surface area contributed by atoms with Gasteiger partial charge in [-0.1, -0.05) is 6.07 Å². The van der Waals surface area contributed by atoms with Gasteiger partial charge < -0.3 is 14.0 Å². The van der Waals surface area contributed by atoms with Crippen molar-refractivity contribution in [2.45, 2.75) is 26.4 Å². The highest BCUT2D eigenvalue weighted by atomic mass is 19.3. The van der Waals surface area contributed by atoms with Crippen LogP contribution in [0, 0.1) is 11.3 Å². The topological polar surface area (TPSA) is 106 Å². The number of nitriles is 1. The molecule has 5 rings (SSSR count). The third-order valence-corrected chi connectivity index (χ3v) is 6.20. The molecule has 0 saturated heterocycles. The molecule has 3 heterocycles. The van der Waals surface area contributed by atoms with E-state index in [2.05, 4.69) is 25.8 Å². The second kappa shape index (κ2) is 10.7. The van der Waals surface area contributed by atoms with Crippen LogP contribution < -0.4 is 14.4 Å². The van der Waals surface area contributed by atoms with Gasteiger partial charge in [-0.3, -0.25) is 4.90 Å². The fraction of sp³-hybridized carbons (Fsp3) is 0.214. The number of halogens is 2. The van der Waals surface area contributed by atoms with Crippen LogP contribution in [0.2, 0.25) is 0 Å². The molecule has 1 aliphatic rings. The fourth-order valence-corrected chi connectivity index (χ4v) is 4.44. The number of carbonyl (C=O) groups excluding carboxylic acids is 1. The van der Waals surface area contributed by atoms with Gasteiger partial charge in [-0.25, -0.2) is 14.8 Å². The van der Waals surface area contributed by atoms with E-state index in [1.807, 2.05) is 35.8 Å². The maximum atomic E-state index is 12.7. The second-order valence-electron chi connectivity index (χ2n) is 8.53. The van der Waals surface area contributed by atoms with Crippen LogP contribution in [0.15, 0.2) is 54.4 Å². The summed E-state index contributed by atoms with van der Waals surface area (Å²) in [6.45, 7) is -0.815. The summed E-state index contributed by atoms with van der Waals surface area (Å²) in [5.41, 5.74) is 4.12. The molecule has 0 aliphatic carbocycles. The number of rotatable bonds is 8. The van der Waals surface area contributed by atoms with Crippen molar-refractivity contribution >= 4 is 40.1 Å². The zero-order chi connectivity index (χ0) is 27.5. The predicted octanol–water partition coefficient (Wildman–Crippen LogP) is 5.23. The van der Waals surface area contributed by atoms with Crippen molar-refractivity contribution in [1.29, 1.82) is 5.26 Å². The van der Waals surface area contributed by atoms with Crippen molar-refractivity contribution < 1.29 is 23.0 Å². The van der Waals surface area contributed by atoms with Crippen molar-refractivity contribution in [3.63, 3.8) is 0 Å². The molecule has 2 aromatic carbocycles. The first kappa shape index (κ1) is 25.6. The van der Waals surface area contributed by atoms with Gasteiger partial charge in [0.1, 0.15) is 17.3 Å². The van der Waals surface area contributed by atoms with Gasteiger partial charge in [-0.05, 0) is 55.0 Å². The largest absolute Gasteiger partial charge is 0.464 e. The SMILES string of the molecule is CCOc1ncc2c(n1)N(c1ccc(OC(F)F)cc1)C(=C=O)C(c1ccc3nc(CCC#N)n(C)c3c1)=C2. The Morgan fingerprint density at radius 1 is 1.13 bits per heavy atom. The molecule has 0 saturated carbocycles. The smallest absolute Gasteiger partial charge is 0.387 e. The number of anilines is 2. The standard InChI is InChI=1S/C28H22F2N6O3/c1-3-38-28-32-15-18-13-21(17-6-11-22-23(14-17)35(2)25(33-22)5-4-12-31)24(16-37)36(26(18)34-28)19-7-9-20(10-8-19)39-27(29)30/h6-11,13-15,27H,3-5H2,1-2H3. The highest BCUT2D eigenvalue weighted by molar-refractivity contribution is 6.06. The zero-order valence-corrected chi connectivity index (χ0v) is 21.1. The van der Waals surface area contributed by atoms with E-state index in [4.69, 9.17) is 10.00 Å². The highest BCUT2D eigenvalue weighted by Gasteiger charge is 2.30. The summed E-state index contributed by atoms with van der Waals surface area (Å²) in [4.78, 5) is 27.5. The number of hydrogen-bond donors (Lipinski definition) is 0. The minimum absolute atomic E-state index is 0.0232. The molecule has 0 unspecified atom stereocenters. The van der Waals surface area contributed by atoms with Gasteiger partial charge in [0.05, 0.1) is 23.7 Å². The van der Waals surface area contributed by atoms with Crippen molar-refractivity contribution in [1.82, 2.24) is 19.5 Å². The summed E-state index contributed by atoms with van der Waals surface area (Å²) >= 11 is 0. The fourth-order valence-electron chi connectivity index (χ4n) is 4.44. The highest BCUT2D eigenvalue weighted by Crippen LogP contribution is 2.43. The lowest BCUT2D eigenvalue weighted by Gasteiger charge is -2.31. The van der Waals surface area contributed by atoms with E-state index in [9.17, 15) is 13.6 Å². The molecule has 4 aromatic rings. The van der Waals surface area contributed by atoms with E-state index >= 15 is 0 Å². The van der Waals surface area contributed by atoms with Gasteiger partial charge in [0.15, 0.2) is 11.8 Å². The van der Waals surface area contributed by atoms with Gasteiger partial charge >= 0.3 is 12.6 Å². The summed E-state index contributed by atoms with van der Waals surface area (Å²) in [6, 6.07) is 13.8. The Morgan fingerprint density at radius 3 is 2.62 bits per heavy atom. The van der Waals surface area contributed by atoms with Gasteiger partial charge in [0, 0.05) is 42.9 Å². The average Bonchev–Trinajstić information content (AvgIpc) is 3.25. The molecule has 0 amide bonds. The Balaban J connectivity index is 1.65. The number of aromatic nitrogens is 4. The molecule has 11 heteroatoms. The molecule has 1 aliphatic heterocycles. The summed E-state index contributed by atoms with van der Waals surface area (Å²) in [5.74, 6) is 3.18. The Bertz CT molecular complexity index is 1670. The quantitative estimate of drug-likeness (QED) is 0.286. The molecular formula is C28H22F2N6O3. The summed E-state index contributed by atoms with van der Waals surface area (Å²) in [6.07, 6.45) is 4.26. The van der Waals surface area contributed by atoms with Crippen LogP contribution in [0.4, 0.5) is 20.3 Å². The van der Waals surface area contributed by atoms with E-state index in [0.717, 1.165) is 22.4 Å². The maximum absolute atomic E-state index is 12.7. The first-order valence-electron chi connectivity index (χ1n) is 12.1. The first-order chi connectivity index (χ1) is 18.9. The molecular weight excluding hydrogens is 506 g/mol. The molecule has 0 spiro atoms. The Morgan fingerprint density at radius 2 is 1.92 bits per heavy atom. The molecule has 196 valence electrons. The van der Waals surface area contributed by atoms with Crippen LogP contribution in [0.25, 0.3) is 22.7 Å². The third-order valence-electron chi connectivity index (χ3n) is 6.20. The zero-order valence-electron chi connectivity index (χ0n) is 21.1. The summed E-state index contributed by atoms with van der Waals surface area (Å²) < 4.78 is 37.3. The number of aryl methyl sites for hydroxylation is 2. The van der Waals surface area contributed by atoms with E-state index in [0.29, 0.717) is 42.1 Å². The normalized spacial score (nSPS) is 12.7. The molecule has 0 radical (unpaired) electrons. The minimum atomic E-state index is -2.96. The third kappa shape index (κ3) is 4.93. The predicted molar refractivity (Wildman–Crippen MR) is 140 cm³/mol. The van der Waals surface area contributed by atoms with Crippen molar-refractivity contribution in [2.24, 2.45) is 7.05 Å². The lowest BCUT2D eigenvalue weighted by atomic mass is 9.95. The molecule has 9 nitrogen and oxygen atoms in total. The molecule has 39 heavy (non-hydrogen) atoms. The van der Waals surface area contributed by atoms with E-state index < -0.39 is 6.61 Å². The molecule has 0 atom stereocenters. The number of alkyl halides is 2. The maximum Gasteiger partial charge on any atom is 0.387 e. The van der Waals surface area contributed by atoms with E-state index in [1.54, 1.807) is 36.2 Å². The van der Waals surface area contributed by atoms with E-state index in [-0.39, 0.29) is 17.5 Å². The molecule has 0 bridgehead atoms. The number of allylic oxidation sites excluding steroid dienone is 1. The Kier molecular flexibility index (Phi) is 7.04. The van der Waals surface area contributed by atoms with Gasteiger partial charge in [0.25, 0.3) is 0 Å². The van der Waals surface area contributed by atoms with Crippen molar-refractivity contribution in [2.75, 3.05) is 11.5 Å². The number of fused-ring (bicyclic) bond motifs is 2. The van der Waals surface area contributed by atoms with Crippen LogP contribution in [-0.4, -0.2) is 38.7 Å². The molecule has 0 N–H and O–H groups in total. The lowest BCUT2D eigenvalue weighted by Crippen LogP contribution is -2.24. The number of nitrogens with zero attached hydrogens (tertiary/aromatic N) is 6. The van der Waals surface area contributed by atoms with Gasteiger partial charge in [-0.15, -0.1) is 0 Å². The number of benzene rings is 2. The monoisotopic (exact) mass is 528 g/mol. The van der Waals surface area contributed by atoms with Crippen molar-refractivity contribution in [3.05, 3.63) is 71.3 Å². The lowest BCUT2D eigenvalue weighted by molar-refractivity contribution is -0.0498. The first-order valence-corrected chi connectivity index (χ1v) is 12.1. The number of hydrogen-bond acceptors (Lipinski definition) is 8. The molecule has 0 fully saturated rings. The second-order valence-corrected chi connectivity index (χ2v) is 8.53. The molecule has 2 aromatic heterocycles. The van der Waals surface area contributed by atoms with Crippen molar-refractivity contribution in [3.8, 4) is 17.8 Å². The average molecular weight is 529 g/mol. The Labute approximate surface area is 222 Å². The van der Waals surface area contributed by atoms with E-state index in [1.165, 1.54) is 12.1 Å². The summed E-state index contributed by atoms with van der Waals surface area (Å²) in [5, 5.41) is 8.97. The van der Waals surface area contributed by atoms with Crippen LogP contribution in [0.5, 0.6) is 11.8 Å². The van der Waals surface area contributed by atoms with Crippen LogP contribution in [0.1, 0.15) is 30.3 Å². The van der Waals surface area contributed by atoms with Gasteiger partial charge in [0.2, 0.25) is 0 Å². The minimum Gasteiger partial charge on any atom is -0.464 e. The number of ether oxygens (including phenoxy) is 2. The summed E-state index contributed by atoms with van der Waals surface area (Å²) in [7, 11) is 1.88. The number of imidazole rings is 1. The van der Waals surface area contributed by atoms with Crippen LogP contribution in [0.3, 0.4) is 0 Å².